The SMILES string of the molecule is CC[O-].CN(CCN(C)Cc1ccccn1)Cc1ccccn1.NC(N)=O.[Fe+5].[O-][Cl+3]([O-])([O-])[O-].[O-][Cl+3]([O-])([O-])[O-]. The minimum Gasteiger partial charge on any atom is -0.855 e. The molecule has 38 heavy (non-hydrogen) atoms. The maximum atomic E-state index is 9.00. The number of carbonyl (C=O) groups is 1. The maximum Gasteiger partial charge on any atom is 5.00 e. The van der Waals surface area contributed by atoms with Crippen molar-refractivity contribution in [3.63, 3.8) is 0 Å². The van der Waals surface area contributed by atoms with Gasteiger partial charge in [-0.1, -0.05) is 19.1 Å². The molecule has 0 unspecified atom stereocenters. The molecule has 2 aromatic heterocycles. The standard InChI is InChI=1S/C16H22N4.C2H5O.CH4N2O.2ClHO4.Fe/c1-19(13-15-7-3-5-9-17-15)11-12-20(2)14-16-8-4-6-10-18-16;1-2-3;2-1(3)4;2*2-1(3,4)5;/h3-10H,11-14H2,1-2H3;2H2,1H3;(H4,2,3,4);2*(H,2,3,4,5);/q;-1;;;;+5/p-2. The van der Waals surface area contributed by atoms with Crippen LogP contribution >= 0.6 is 0 Å². The Morgan fingerprint density at radius 1 is 0.763 bits per heavy atom. The predicted molar refractivity (Wildman–Crippen MR) is 105 cm³/mol. The van der Waals surface area contributed by atoms with Crippen LogP contribution in [0.1, 0.15) is 18.3 Å². The molecular weight excluding hydrogens is 599 g/mol. The summed E-state index contributed by atoms with van der Waals surface area (Å²) in [6.45, 7) is 5.37. The Kier molecular flexibility index (Phi) is 29.1. The summed E-state index contributed by atoms with van der Waals surface area (Å²) in [6, 6.07) is 11.3. The second kappa shape index (κ2) is 25.5. The largest absolute Gasteiger partial charge is 5.00 e. The molecule has 2 aromatic rings. The Bertz CT molecular complexity index is 718. The van der Waals surface area contributed by atoms with Crippen LogP contribution in [0.5, 0.6) is 0 Å². The number of urea groups is 1. The number of hydrogen-bond donors (Lipinski definition) is 2. The predicted octanol–water partition coefficient (Wildman–Crippen LogP) is -9.08. The first-order valence-corrected chi connectivity index (χ1v) is 12.4. The number of rotatable bonds is 7. The van der Waals surface area contributed by atoms with Crippen molar-refractivity contribution in [1.82, 2.24) is 19.8 Å². The van der Waals surface area contributed by atoms with Crippen molar-refractivity contribution in [2.24, 2.45) is 11.5 Å². The van der Waals surface area contributed by atoms with Gasteiger partial charge in [-0.15, -0.1) is 27.1 Å². The second-order valence-corrected chi connectivity index (χ2v) is 8.08. The summed E-state index contributed by atoms with van der Waals surface area (Å²) in [5, 5.41) is 8.93. The van der Waals surface area contributed by atoms with Crippen LogP contribution < -0.4 is 53.8 Å². The molecule has 0 spiro atoms. The van der Waals surface area contributed by atoms with Crippen molar-refractivity contribution in [1.29, 1.82) is 0 Å². The van der Waals surface area contributed by atoms with Crippen molar-refractivity contribution in [2.45, 2.75) is 20.0 Å². The average Bonchev–Trinajstić information content (AvgIpc) is 2.72. The number of aromatic nitrogens is 2. The number of nitrogens with two attached hydrogens (primary N) is 2. The van der Waals surface area contributed by atoms with Gasteiger partial charge in [-0.2, -0.15) is 0 Å². The summed E-state index contributed by atoms with van der Waals surface area (Å²) in [6.07, 6.45) is 3.69. The quantitative estimate of drug-likeness (QED) is 0.269. The molecule has 0 saturated heterocycles. The minimum atomic E-state index is -4.94. The Hall–Kier alpha value is -1.77. The van der Waals surface area contributed by atoms with Gasteiger partial charge in [-0.3, -0.25) is 19.8 Å². The van der Waals surface area contributed by atoms with Crippen LogP contribution in [-0.2, 0) is 30.2 Å². The molecule has 0 fully saturated rings. The molecule has 0 atom stereocenters. The Labute approximate surface area is 235 Å². The summed E-state index contributed by atoms with van der Waals surface area (Å²) in [7, 11) is -5.63. The van der Waals surface area contributed by atoms with Gasteiger partial charge in [-0.05, 0) is 38.4 Å². The van der Waals surface area contributed by atoms with Gasteiger partial charge in [0.05, 0.1) is 11.4 Å². The number of halogens is 2. The summed E-state index contributed by atoms with van der Waals surface area (Å²) < 4.78 is 67.9. The van der Waals surface area contributed by atoms with Crippen molar-refractivity contribution < 1.29 is 84.7 Å². The molecule has 0 aromatic carbocycles. The van der Waals surface area contributed by atoms with E-state index in [1.165, 1.54) is 0 Å². The molecule has 1 radical (unpaired) electrons. The van der Waals surface area contributed by atoms with Gasteiger partial charge in [-0.25, -0.2) is 42.1 Å². The van der Waals surface area contributed by atoms with E-state index in [1.807, 2.05) is 36.7 Å². The molecule has 2 amide bonds. The second-order valence-electron chi connectivity index (χ2n) is 6.56. The van der Waals surface area contributed by atoms with E-state index in [2.05, 4.69) is 57.5 Å². The minimum absolute atomic E-state index is 0. The third kappa shape index (κ3) is 51.0. The third-order valence-electron chi connectivity index (χ3n) is 3.18. The topological polar surface area (TPSA) is 309 Å². The number of hydrogen-bond acceptors (Lipinski definition) is 14. The number of carbonyl (C=O) groups excluding carboxylic acids is 1. The number of nitrogens with zero attached hydrogens (tertiary/aromatic N) is 4. The molecule has 2 rings (SSSR count). The fraction of sp³-hybridized carbons (Fsp3) is 0.421. The van der Waals surface area contributed by atoms with E-state index in [9.17, 15) is 0 Å². The van der Waals surface area contributed by atoms with Crippen molar-refractivity contribution in [2.75, 3.05) is 33.8 Å². The van der Waals surface area contributed by atoms with E-state index in [0.717, 1.165) is 37.6 Å². The van der Waals surface area contributed by atoms with Crippen LogP contribution in [0, 0.1) is 20.5 Å². The van der Waals surface area contributed by atoms with E-state index < -0.39 is 26.5 Å². The summed E-state index contributed by atoms with van der Waals surface area (Å²) in [5.41, 5.74) is 10.7. The third-order valence-corrected chi connectivity index (χ3v) is 3.18. The Balaban J connectivity index is -0.000000264. The van der Waals surface area contributed by atoms with Gasteiger partial charge in [0.25, 0.3) is 0 Å². The van der Waals surface area contributed by atoms with Gasteiger partial charge < -0.3 is 16.6 Å². The van der Waals surface area contributed by atoms with E-state index in [-0.39, 0.29) is 23.7 Å². The summed E-state index contributed by atoms with van der Waals surface area (Å²) in [5.74, 6) is 0. The molecule has 19 heteroatoms. The molecule has 217 valence electrons. The molecule has 0 bridgehead atoms. The number of primary amides is 2. The monoisotopic (exact) mass is 629 g/mol. The van der Waals surface area contributed by atoms with Crippen LogP contribution in [0.25, 0.3) is 0 Å². The number of pyridine rings is 2. The van der Waals surface area contributed by atoms with E-state index in [0.29, 0.717) is 0 Å². The summed E-state index contributed by atoms with van der Waals surface area (Å²) >= 11 is 0. The molecule has 16 nitrogen and oxygen atoms in total. The molecule has 0 aliphatic rings. The van der Waals surface area contributed by atoms with Crippen LogP contribution in [0.3, 0.4) is 0 Å². The van der Waals surface area contributed by atoms with Crippen LogP contribution in [0.4, 0.5) is 4.79 Å². The first-order valence-electron chi connectivity index (χ1n) is 9.92. The fourth-order valence-electron chi connectivity index (χ4n) is 2.04. The van der Waals surface area contributed by atoms with Gasteiger partial charge in [0.1, 0.15) is 0 Å². The zero-order chi connectivity index (χ0) is 29.5. The van der Waals surface area contributed by atoms with Crippen LogP contribution in [0.2, 0.25) is 0 Å². The molecular formula is C19H31Cl2FeN6O10+2. The zero-order valence-electron chi connectivity index (χ0n) is 20.8. The number of likely N-dealkylation sites (N-methyl/N-ethyl adjacent to an activating group) is 2. The normalized spacial score (nSPS) is 10.2. The van der Waals surface area contributed by atoms with Crippen LogP contribution in [-0.4, -0.2) is 59.6 Å². The van der Waals surface area contributed by atoms with Crippen molar-refractivity contribution in [3.05, 3.63) is 60.2 Å². The zero-order valence-corrected chi connectivity index (χ0v) is 23.4. The average molecular weight is 630 g/mol. The first-order chi connectivity index (χ1) is 16.9. The number of amides is 2. The molecule has 0 aliphatic carbocycles. The van der Waals surface area contributed by atoms with Gasteiger partial charge in [0, 0.05) is 38.6 Å². The van der Waals surface area contributed by atoms with Crippen molar-refractivity contribution >= 4 is 6.03 Å². The van der Waals surface area contributed by atoms with Crippen LogP contribution in [0.15, 0.2) is 48.8 Å². The smallest absolute Gasteiger partial charge is 0.855 e. The first kappa shape index (κ1) is 43.3. The maximum absolute atomic E-state index is 9.00. The fourth-order valence-corrected chi connectivity index (χ4v) is 2.04. The molecule has 2 heterocycles. The van der Waals surface area contributed by atoms with Crippen molar-refractivity contribution in [3.8, 4) is 0 Å². The van der Waals surface area contributed by atoms with Gasteiger partial charge in [0.2, 0.25) is 0 Å². The molecule has 4 N–H and O–H groups in total. The van der Waals surface area contributed by atoms with E-state index >= 15 is 0 Å². The van der Waals surface area contributed by atoms with E-state index in [4.69, 9.17) is 47.2 Å². The molecule has 0 aliphatic heterocycles. The van der Waals surface area contributed by atoms with Gasteiger partial charge >= 0.3 is 23.1 Å². The Morgan fingerprint density at radius 2 is 1.00 bits per heavy atom. The molecule has 0 saturated carbocycles. The van der Waals surface area contributed by atoms with E-state index in [1.54, 1.807) is 6.92 Å². The Morgan fingerprint density at radius 3 is 1.18 bits per heavy atom. The van der Waals surface area contributed by atoms with Gasteiger partial charge in [0.15, 0.2) is 0 Å². The summed E-state index contributed by atoms with van der Waals surface area (Å²) in [4.78, 5) is 22.3.